The molecule has 0 aliphatic heterocycles. The first-order valence-corrected chi connectivity index (χ1v) is 6.62. The van der Waals surface area contributed by atoms with E-state index in [1.807, 2.05) is 0 Å². The Morgan fingerprint density at radius 2 is 1.86 bits per heavy atom. The fraction of sp³-hybridized carbons (Fsp3) is 0.357. The Morgan fingerprint density at radius 3 is 2.45 bits per heavy atom. The van der Waals surface area contributed by atoms with Crippen LogP contribution in [0.2, 0.25) is 0 Å². The van der Waals surface area contributed by atoms with Crippen molar-refractivity contribution in [2.24, 2.45) is 0 Å². The second-order valence-electron chi connectivity index (χ2n) is 4.56. The van der Waals surface area contributed by atoms with Crippen LogP contribution in [-0.2, 0) is 16.0 Å². The molecule has 1 aromatic carbocycles. The third-order valence-corrected chi connectivity index (χ3v) is 2.89. The van der Waals surface area contributed by atoms with Gasteiger partial charge in [0, 0.05) is 13.0 Å². The zero-order chi connectivity index (χ0) is 16.5. The van der Waals surface area contributed by atoms with E-state index < -0.39 is 24.0 Å². The van der Waals surface area contributed by atoms with Gasteiger partial charge in [0.05, 0.1) is 0 Å². The predicted octanol–water partition coefficient (Wildman–Crippen LogP) is 0.985. The van der Waals surface area contributed by atoms with Crippen LogP contribution in [-0.4, -0.2) is 40.8 Å². The summed E-state index contributed by atoms with van der Waals surface area (Å²) in [5.74, 6) is -2.84. The van der Waals surface area contributed by atoms with Gasteiger partial charge >= 0.3 is 18.0 Å². The normalized spacial score (nSPS) is 11.5. The molecule has 0 fully saturated rings. The second-order valence-corrected chi connectivity index (χ2v) is 4.56. The van der Waals surface area contributed by atoms with Gasteiger partial charge in [-0.25, -0.2) is 14.0 Å². The fourth-order valence-corrected chi connectivity index (χ4v) is 1.75. The third-order valence-electron chi connectivity index (χ3n) is 2.89. The Labute approximate surface area is 126 Å². The molecule has 8 heteroatoms. The second kappa shape index (κ2) is 8.60. The van der Waals surface area contributed by atoms with Crippen LogP contribution in [0.4, 0.5) is 9.18 Å². The van der Waals surface area contributed by atoms with Crippen molar-refractivity contribution in [3.05, 3.63) is 35.6 Å². The molecule has 4 N–H and O–H groups in total. The highest BCUT2D eigenvalue weighted by molar-refractivity contribution is 5.82. The van der Waals surface area contributed by atoms with Gasteiger partial charge in [0.25, 0.3) is 0 Å². The summed E-state index contributed by atoms with van der Waals surface area (Å²) >= 11 is 0. The highest BCUT2D eigenvalue weighted by Gasteiger charge is 2.20. The number of carboxylic acids is 2. The number of hydrogen-bond donors (Lipinski definition) is 4. The first kappa shape index (κ1) is 17.4. The number of carbonyl (C=O) groups is 3. The van der Waals surface area contributed by atoms with Crippen molar-refractivity contribution in [1.29, 1.82) is 0 Å². The minimum absolute atomic E-state index is 0.123. The van der Waals surface area contributed by atoms with Crippen LogP contribution < -0.4 is 10.6 Å². The molecule has 0 saturated carbocycles. The van der Waals surface area contributed by atoms with Crippen molar-refractivity contribution in [3.63, 3.8) is 0 Å². The molecule has 0 radical (unpaired) electrons. The number of urea groups is 1. The quantitative estimate of drug-likeness (QED) is 0.571. The van der Waals surface area contributed by atoms with Gasteiger partial charge < -0.3 is 20.8 Å². The van der Waals surface area contributed by atoms with E-state index in [0.29, 0.717) is 5.56 Å². The van der Waals surface area contributed by atoms with Gasteiger partial charge in [-0.3, -0.25) is 4.79 Å². The lowest BCUT2D eigenvalue weighted by Crippen LogP contribution is -2.46. The summed E-state index contributed by atoms with van der Waals surface area (Å²) in [4.78, 5) is 32.9. The largest absolute Gasteiger partial charge is 0.481 e. The Morgan fingerprint density at radius 1 is 1.18 bits per heavy atom. The van der Waals surface area contributed by atoms with Gasteiger partial charge in [-0.2, -0.15) is 0 Å². The van der Waals surface area contributed by atoms with E-state index in [-0.39, 0.29) is 31.6 Å². The Kier molecular flexibility index (Phi) is 6.81. The molecule has 0 unspecified atom stereocenters. The molecule has 22 heavy (non-hydrogen) atoms. The van der Waals surface area contributed by atoms with Gasteiger partial charge in [0.1, 0.15) is 11.9 Å². The lowest BCUT2D eigenvalue weighted by Gasteiger charge is -2.14. The Balaban J connectivity index is 2.39. The highest BCUT2D eigenvalue weighted by atomic mass is 19.1. The van der Waals surface area contributed by atoms with Crippen LogP contribution in [0.25, 0.3) is 0 Å². The number of rotatable bonds is 8. The van der Waals surface area contributed by atoms with Crippen molar-refractivity contribution < 1.29 is 29.0 Å². The molecular formula is C14H17FN2O5. The molecule has 0 aliphatic carbocycles. The summed E-state index contributed by atoms with van der Waals surface area (Å²) in [6, 6.07) is 4.09. The summed E-state index contributed by atoms with van der Waals surface area (Å²) in [5.41, 5.74) is 0.434. The SMILES string of the molecule is O=C(O)CC[C@H](NC(=O)NCCc1ccccc1F)C(=O)O. The number of aliphatic carboxylic acids is 2. The van der Waals surface area contributed by atoms with Crippen molar-refractivity contribution in [1.82, 2.24) is 10.6 Å². The van der Waals surface area contributed by atoms with E-state index in [1.54, 1.807) is 18.2 Å². The molecule has 1 aromatic rings. The maximum Gasteiger partial charge on any atom is 0.326 e. The molecule has 2 amide bonds. The maximum absolute atomic E-state index is 13.3. The average molecular weight is 312 g/mol. The lowest BCUT2D eigenvalue weighted by molar-refractivity contribution is -0.140. The van der Waals surface area contributed by atoms with E-state index in [4.69, 9.17) is 10.2 Å². The number of nitrogens with one attached hydrogen (secondary N) is 2. The molecule has 0 heterocycles. The van der Waals surface area contributed by atoms with Gasteiger partial charge in [-0.15, -0.1) is 0 Å². The molecular weight excluding hydrogens is 295 g/mol. The molecule has 1 atom stereocenters. The zero-order valence-corrected chi connectivity index (χ0v) is 11.7. The first-order valence-electron chi connectivity index (χ1n) is 6.62. The van der Waals surface area contributed by atoms with E-state index in [0.717, 1.165) is 0 Å². The van der Waals surface area contributed by atoms with Crippen molar-refractivity contribution in [3.8, 4) is 0 Å². The number of amides is 2. The number of benzene rings is 1. The van der Waals surface area contributed by atoms with Crippen LogP contribution in [0.3, 0.4) is 0 Å². The van der Waals surface area contributed by atoms with E-state index in [1.165, 1.54) is 6.07 Å². The maximum atomic E-state index is 13.3. The van der Waals surface area contributed by atoms with E-state index in [2.05, 4.69) is 10.6 Å². The molecule has 0 aliphatic rings. The minimum atomic E-state index is -1.31. The van der Waals surface area contributed by atoms with Crippen LogP contribution in [0, 0.1) is 5.82 Å². The molecule has 0 aromatic heterocycles. The van der Waals surface area contributed by atoms with Crippen LogP contribution in [0.1, 0.15) is 18.4 Å². The smallest absolute Gasteiger partial charge is 0.326 e. The summed E-state index contributed by atoms with van der Waals surface area (Å²) in [6.07, 6.45) is -0.329. The molecule has 7 nitrogen and oxygen atoms in total. The van der Waals surface area contributed by atoms with Crippen molar-refractivity contribution in [2.75, 3.05) is 6.54 Å². The molecule has 1 rings (SSSR count). The zero-order valence-electron chi connectivity index (χ0n) is 11.7. The van der Waals surface area contributed by atoms with Gasteiger partial charge in [-0.1, -0.05) is 18.2 Å². The van der Waals surface area contributed by atoms with Crippen molar-refractivity contribution >= 4 is 18.0 Å². The van der Waals surface area contributed by atoms with Crippen molar-refractivity contribution in [2.45, 2.75) is 25.3 Å². The topological polar surface area (TPSA) is 116 Å². The first-order chi connectivity index (χ1) is 10.4. The standard InChI is InChI=1S/C14H17FN2O5/c15-10-4-2-1-3-9(10)7-8-16-14(22)17-11(13(20)21)5-6-12(18)19/h1-4,11H,5-8H2,(H,18,19)(H,20,21)(H2,16,17,22)/t11-/m0/s1. The molecule has 0 saturated heterocycles. The van der Waals surface area contributed by atoms with Crippen LogP contribution >= 0.6 is 0 Å². The lowest BCUT2D eigenvalue weighted by atomic mass is 10.1. The summed E-state index contributed by atoms with van der Waals surface area (Å²) in [5, 5.41) is 22.0. The Hall–Kier alpha value is -2.64. The molecule has 0 spiro atoms. The predicted molar refractivity (Wildman–Crippen MR) is 74.9 cm³/mol. The summed E-state index contributed by atoms with van der Waals surface area (Å²) < 4.78 is 13.3. The van der Waals surface area contributed by atoms with Gasteiger partial charge in [-0.05, 0) is 24.5 Å². The third kappa shape index (κ3) is 6.21. The number of hydrogen-bond acceptors (Lipinski definition) is 3. The number of halogens is 1. The fourth-order valence-electron chi connectivity index (χ4n) is 1.75. The summed E-state index contributed by atoms with van der Waals surface area (Å²) in [6.45, 7) is 0.123. The van der Waals surface area contributed by atoms with Crippen LogP contribution in [0.5, 0.6) is 0 Å². The average Bonchev–Trinajstić information content (AvgIpc) is 2.45. The van der Waals surface area contributed by atoms with Gasteiger partial charge in [0.2, 0.25) is 0 Å². The number of carbonyl (C=O) groups excluding carboxylic acids is 1. The monoisotopic (exact) mass is 312 g/mol. The molecule has 120 valence electrons. The Bertz CT molecular complexity index is 550. The summed E-state index contributed by atoms with van der Waals surface area (Å²) in [7, 11) is 0. The van der Waals surface area contributed by atoms with Crippen LogP contribution in [0.15, 0.2) is 24.3 Å². The highest BCUT2D eigenvalue weighted by Crippen LogP contribution is 2.06. The number of carboxylic acid groups (broad SMARTS) is 2. The van der Waals surface area contributed by atoms with Gasteiger partial charge in [0.15, 0.2) is 0 Å². The van der Waals surface area contributed by atoms with E-state index in [9.17, 15) is 18.8 Å². The molecule has 0 bridgehead atoms. The minimum Gasteiger partial charge on any atom is -0.481 e. The van der Waals surface area contributed by atoms with E-state index >= 15 is 0 Å².